The van der Waals surface area contributed by atoms with Gasteiger partial charge in [-0.1, -0.05) is 30.3 Å². The van der Waals surface area contributed by atoms with Crippen LogP contribution in [0.3, 0.4) is 0 Å². The molecule has 0 bridgehead atoms. The van der Waals surface area contributed by atoms with Gasteiger partial charge in [0.15, 0.2) is 0 Å². The minimum atomic E-state index is -0.0441. The molecule has 0 saturated carbocycles. The zero-order valence-electron chi connectivity index (χ0n) is 16.0. The minimum Gasteiger partial charge on any atom is -0.495 e. The fraction of sp³-hybridized carbons (Fsp3) is 0.409. The first-order valence-corrected chi connectivity index (χ1v) is 9.73. The predicted molar refractivity (Wildman–Crippen MR) is 109 cm³/mol. The number of amides is 1. The number of piperazine rings is 1. The van der Waals surface area contributed by atoms with Crippen molar-refractivity contribution in [2.45, 2.75) is 19.4 Å². The number of carbonyl (C=O) groups is 1. The lowest BCUT2D eigenvalue weighted by Crippen LogP contribution is -2.61. The topological polar surface area (TPSA) is 44.8 Å². The van der Waals surface area contributed by atoms with Crippen molar-refractivity contribution < 1.29 is 9.53 Å². The number of para-hydroxylation sites is 3. The van der Waals surface area contributed by atoms with Crippen LogP contribution in [0.5, 0.6) is 5.75 Å². The fourth-order valence-corrected chi connectivity index (χ4v) is 4.47. The van der Waals surface area contributed by atoms with Crippen LogP contribution in [0.25, 0.3) is 0 Å². The summed E-state index contributed by atoms with van der Waals surface area (Å²) in [5.41, 5.74) is 3.66. The van der Waals surface area contributed by atoms with Gasteiger partial charge in [-0.25, -0.2) is 0 Å². The van der Waals surface area contributed by atoms with Crippen LogP contribution in [0.15, 0.2) is 48.5 Å². The minimum absolute atomic E-state index is 0.0441. The summed E-state index contributed by atoms with van der Waals surface area (Å²) in [5, 5.41) is 3.05. The third-order valence-electron chi connectivity index (χ3n) is 5.74. The van der Waals surface area contributed by atoms with Crippen LogP contribution in [0.4, 0.5) is 11.4 Å². The Morgan fingerprint density at radius 3 is 2.63 bits per heavy atom. The van der Waals surface area contributed by atoms with E-state index < -0.39 is 0 Å². The molecule has 1 amide bonds. The van der Waals surface area contributed by atoms with E-state index in [0.717, 1.165) is 37.5 Å². The number of methoxy groups -OCH3 is 1. The van der Waals surface area contributed by atoms with Crippen molar-refractivity contribution in [1.82, 2.24) is 5.32 Å². The average molecular weight is 365 g/mol. The molecule has 1 N–H and O–H groups in total. The van der Waals surface area contributed by atoms with E-state index in [1.54, 1.807) is 7.11 Å². The number of fused-ring (bicyclic) bond motifs is 3. The molecule has 2 aromatic carbocycles. The first-order chi connectivity index (χ1) is 13.2. The molecule has 142 valence electrons. The lowest BCUT2D eigenvalue weighted by molar-refractivity contribution is -0.125. The highest BCUT2D eigenvalue weighted by Gasteiger charge is 2.41. The summed E-state index contributed by atoms with van der Waals surface area (Å²) in [4.78, 5) is 17.6. The molecule has 0 unspecified atom stereocenters. The Morgan fingerprint density at radius 1 is 1.11 bits per heavy atom. The van der Waals surface area contributed by atoms with E-state index in [1.165, 1.54) is 11.3 Å². The van der Waals surface area contributed by atoms with Crippen LogP contribution in [-0.4, -0.2) is 45.2 Å². The second kappa shape index (κ2) is 7.51. The summed E-state index contributed by atoms with van der Waals surface area (Å²) in [6.45, 7) is 5.27. The largest absolute Gasteiger partial charge is 0.495 e. The number of hydrogen-bond donors (Lipinski definition) is 1. The highest BCUT2D eigenvalue weighted by molar-refractivity contribution is 5.82. The van der Waals surface area contributed by atoms with Crippen LogP contribution < -0.4 is 19.9 Å². The van der Waals surface area contributed by atoms with Gasteiger partial charge in [-0.15, -0.1) is 0 Å². The lowest BCUT2D eigenvalue weighted by Gasteiger charge is -2.49. The molecule has 2 heterocycles. The van der Waals surface area contributed by atoms with Crippen molar-refractivity contribution >= 4 is 17.3 Å². The molecular weight excluding hydrogens is 338 g/mol. The first-order valence-electron chi connectivity index (χ1n) is 9.73. The van der Waals surface area contributed by atoms with Gasteiger partial charge in [0.05, 0.1) is 24.8 Å². The molecule has 5 heteroatoms. The van der Waals surface area contributed by atoms with Gasteiger partial charge in [0.2, 0.25) is 5.91 Å². The second-order valence-corrected chi connectivity index (χ2v) is 7.21. The maximum atomic E-state index is 12.8. The molecule has 0 radical (unpaired) electrons. The standard InChI is InChI=1S/C22H27N3O2/c1-3-23-22(26)17-14-16-8-4-5-9-18(16)25-13-12-24(15-20(17)25)19-10-6-7-11-21(19)27-2/h4-11,17,20H,3,12-15H2,1-2H3,(H,23,26)/t17-,20+/m0/s1. The molecule has 0 aliphatic carbocycles. The molecule has 1 fully saturated rings. The zero-order valence-corrected chi connectivity index (χ0v) is 16.0. The van der Waals surface area contributed by atoms with Gasteiger partial charge < -0.3 is 19.9 Å². The van der Waals surface area contributed by atoms with Gasteiger partial charge in [0.25, 0.3) is 0 Å². The maximum Gasteiger partial charge on any atom is 0.225 e. The molecular formula is C22H27N3O2. The fourth-order valence-electron chi connectivity index (χ4n) is 4.47. The molecule has 4 rings (SSSR count). The van der Waals surface area contributed by atoms with Crippen LogP contribution >= 0.6 is 0 Å². The van der Waals surface area contributed by atoms with E-state index in [4.69, 9.17) is 4.74 Å². The number of carbonyl (C=O) groups excluding carboxylic acids is 1. The number of ether oxygens (including phenoxy) is 1. The summed E-state index contributed by atoms with van der Waals surface area (Å²) in [6.07, 6.45) is 0.795. The Bertz CT molecular complexity index is 823. The highest BCUT2D eigenvalue weighted by atomic mass is 16.5. The van der Waals surface area contributed by atoms with E-state index in [1.807, 2.05) is 25.1 Å². The SMILES string of the molecule is CCNC(=O)[C@H]1Cc2ccccc2N2CCN(c3ccccc3OC)C[C@H]12. The monoisotopic (exact) mass is 365 g/mol. The smallest absolute Gasteiger partial charge is 0.225 e. The second-order valence-electron chi connectivity index (χ2n) is 7.21. The van der Waals surface area contributed by atoms with Crippen LogP contribution in [0.2, 0.25) is 0 Å². The third-order valence-corrected chi connectivity index (χ3v) is 5.74. The van der Waals surface area contributed by atoms with Crippen molar-refractivity contribution in [3.05, 3.63) is 54.1 Å². The lowest BCUT2D eigenvalue weighted by atomic mass is 9.83. The summed E-state index contributed by atoms with van der Waals surface area (Å²) in [6, 6.07) is 16.8. The van der Waals surface area contributed by atoms with E-state index in [9.17, 15) is 4.79 Å². The van der Waals surface area contributed by atoms with Crippen molar-refractivity contribution in [1.29, 1.82) is 0 Å². The number of nitrogens with one attached hydrogen (secondary N) is 1. The van der Waals surface area contributed by atoms with Gasteiger partial charge >= 0.3 is 0 Å². The maximum absolute atomic E-state index is 12.8. The first kappa shape index (κ1) is 17.7. The number of benzene rings is 2. The Kier molecular flexibility index (Phi) is 4.92. The van der Waals surface area contributed by atoms with Gasteiger partial charge in [-0.2, -0.15) is 0 Å². The zero-order chi connectivity index (χ0) is 18.8. The van der Waals surface area contributed by atoms with E-state index in [-0.39, 0.29) is 17.9 Å². The Labute approximate surface area is 160 Å². The molecule has 2 aliphatic rings. The molecule has 1 saturated heterocycles. The summed E-state index contributed by atoms with van der Waals surface area (Å²) in [5.74, 6) is 0.998. The molecule has 0 spiro atoms. The Hall–Kier alpha value is -2.69. The average Bonchev–Trinajstić information content (AvgIpc) is 2.72. The number of anilines is 2. The van der Waals surface area contributed by atoms with Crippen molar-refractivity contribution in [2.75, 3.05) is 43.1 Å². The number of hydrogen-bond acceptors (Lipinski definition) is 4. The normalized spacial score (nSPS) is 21.3. The van der Waals surface area contributed by atoms with E-state index in [2.05, 4.69) is 45.4 Å². The third kappa shape index (κ3) is 3.22. The molecule has 0 aromatic heterocycles. The van der Waals surface area contributed by atoms with Crippen LogP contribution in [-0.2, 0) is 11.2 Å². The van der Waals surface area contributed by atoms with Crippen molar-refractivity contribution in [2.24, 2.45) is 5.92 Å². The molecule has 2 aromatic rings. The quantitative estimate of drug-likeness (QED) is 0.905. The number of nitrogens with zero attached hydrogens (tertiary/aromatic N) is 2. The number of rotatable bonds is 4. The Balaban J connectivity index is 1.67. The van der Waals surface area contributed by atoms with Gasteiger partial charge in [0.1, 0.15) is 5.75 Å². The van der Waals surface area contributed by atoms with E-state index >= 15 is 0 Å². The molecule has 27 heavy (non-hydrogen) atoms. The van der Waals surface area contributed by atoms with Gasteiger partial charge in [-0.05, 0) is 37.1 Å². The predicted octanol–water partition coefficient (Wildman–Crippen LogP) is 2.70. The molecule has 2 aliphatic heterocycles. The van der Waals surface area contributed by atoms with Crippen molar-refractivity contribution in [3.63, 3.8) is 0 Å². The summed E-state index contributed by atoms with van der Waals surface area (Å²) >= 11 is 0. The van der Waals surface area contributed by atoms with Gasteiger partial charge in [-0.3, -0.25) is 4.79 Å². The van der Waals surface area contributed by atoms with Crippen molar-refractivity contribution in [3.8, 4) is 5.75 Å². The van der Waals surface area contributed by atoms with E-state index in [0.29, 0.717) is 6.54 Å². The Morgan fingerprint density at radius 2 is 1.85 bits per heavy atom. The highest BCUT2D eigenvalue weighted by Crippen LogP contribution is 2.38. The summed E-state index contributed by atoms with van der Waals surface area (Å²) in [7, 11) is 1.71. The van der Waals surface area contributed by atoms with Gasteiger partial charge in [0, 0.05) is 31.9 Å². The summed E-state index contributed by atoms with van der Waals surface area (Å²) < 4.78 is 5.57. The van der Waals surface area contributed by atoms with Crippen LogP contribution in [0, 0.1) is 5.92 Å². The molecule has 2 atom stereocenters. The van der Waals surface area contributed by atoms with Crippen LogP contribution in [0.1, 0.15) is 12.5 Å². The molecule has 5 nitrogen and oxygen atoms in total.